The average molecular weight is 407 g/mol. The maximum Gasteiger partial charge on any atom is 0.308 e. The highest BCUT2D eigenvalue weighted by Gasteiger charge is 2.47. The van der Waals surface area contributed by atoms with Gasteiger partial charge in [-0.15, -0.1) is 0 Å². The fourth-order valence-electron chi connectivity index (χ4n) is 3.74. The van der Waals surface area contributed by atoms with Gasteiger partial charge in [0.25, 0.3) is 5.91 Å². The van der Waals surface area contributed by atoms with E-state index in [4.69, 9.17) is 16.3 Å². The van der Waals surface area contributed by atoms with Crippen molar-refractivity contribution in [3.8, 4) is 0 Å². The number of nitrogens with one attached hydrogen (secondary N) is 1. The third-order valence-corrected chi connectivity index (χ3v) is 5.51. The molecule has 1 saturated heterocycles. The van der Waals surface area contributed by atoms with E-state index in [1.165, 1.54) is 11.8 Å². The number of anilines is 1. The summed E-state index contributed by atoms with van der Waals surface area (Å²) >= 11 is 5.79. The van der Waals surface area contributed by atoms with Crippen LogP contribution in [-0.2, 0) is 23.9 Å². The Bertz CT molecular complexity index is 755. The van der Waals surface area contributed by atoms with Crippen LogP contribution in [0.2, 0.25) is 5.02 Å². The zero-order valence-corrected chi connectivity index (χ0v) is 16.4. The molecule has 0 spiro atoms. The second-order valence-electron chi connectivity index (χ2n) is 7.20. The Hall–Kier alpha value is -2.41. The number of hydrogen-bond donors (Lipinski definition) is 1. The fraction of sp³-hybridized carbons (Fsp3) is 0.500. The van der Waals surface area contributed by atoms with Crippen LogP contribution in [0.1, 0.15) is 39.0 Å². The Morgan fingerprint density at radius 1 is 1.14 bits per heavy atom. The molecule has 1 N–H and O–H groups in total. The van der Waals surface area contributed by atoms with E-state index in [0.29, 0.717) is 10.7 Å². The number of nitrogens with zero attached hydrogens (tertiary/aromatic N) is 1. The number of halogens is 1. The van der Waals surface area contributed by atoms with Gasteiger partial charge in [-0.3, -0.25) is 24.1 Å². The van der Waals surface area contributed by atoms with E-state index in [-0.39, 0.29) is 36.6 Å². The van der Waals surface area contributed by atoms with Crippen LogP contribution in [0, 0.1) is 11.8 Å². The predicted octanol–water partition coefficient (Wildman–Crippen LogP) is 2.78. The van der Waals surface area contributed by atoms with Crippen molar-refractivity contribution < 1.29 is 23.9 Å². The minimum Gasteiger partial charge on any atom is -0.452 e. The molecule has 3 atom stereocenters. The second-order valence-corrected chi connectivity index (χ2v) is 7.64. The number of carbonyl (C=O) groups excluding carboxylic acids is 4. The van der Waals surface area contributed by atoms with E-state index in [1.54, 1.807) is 24.3 Å². The number of amides is 3. The van der Waals surface area contributed by atoms with Crippen molar-refractivity contribution in [3.05, 3.63) is 29.3 Å². The Morgan fingerprint density at radius 2 is 1.71 bits per heavy atom. The molecule has 0 aromatic heterocycles. The Labute approximate surface area is 168 Å². The number of hydrogen-bond acceptors (Lipinski definition) is 5. The minimum atomic E-state index is -1.00. The van der Waals surface area contributed by atoms with Gasteiger partial charge >= 0.3 is 5.97 Å². The van der Waals surface area contributed by atoms with Crippen LogP contribution in [0.5, 0.6) is 0 Å². The number of likely N-dealkylation sites (tertiary alicyclic amines) is 1. The number of carbonyl (C=O) groups is 4. The highest BCUT2D eigenvalue weighted by Crippen LogP contribution is 2.37. The molecule has 28 heavy (non-hydrogen) atoms. The van der Waals surface area contributed by atoms with Crippen LogP contribution in [0.25, 0.3) is 0 Å². The monoisotopic (exact) mass is 406 g/mol. The maximum absolute atomic E-state index is 12.4. The van der Waals surface area contributed by atoms with Gasteiger partial charge in [-0.05, 0) is 44.0 Å². The highest BCUT2D eigenvalue weighted by atomic mass is 35.5. The Kier molecular flexibility index (Phi) is 6.34. The summed E-state index contributed by atoms with van der Waals surface area (Å²) in [5, 5.41) is 3.17. The van der Waals surface area contributed by atoms with Crippen LogP contribution < -0.4 is 5.32 Å². The topological polar surface area (TPSA) is 92.8 Å². The molecule has 2 fully saturated rings. The summed E-state index contributed by atoms with van der Waals surface area (Å²) in [6.45, 7) is 1.46. The number of rotatable bonds is 6. The molecule has 1 aliphatic heterocycles. The molecule has 1 saturated carbocycles. The van der Waals surface area contributed by atoms with Crippen molar-refractivity contribution in [1.82, 2.24) is 4.90 Å². The minimum absolute atomic E-state index is 0.00494. The quantitative estimate of drug-likeness (QED) is 0.579. The van der Waals surface area contributed by atoms with Crippen LogP contribution >= 0.6 is 11.6 Å². The van der Waals surface area contributed by atoms with Crippen molar-refractivity contribution in [3.63, 3.8) is 0 Å². The second kappa shape index (κ2) is 8.73. The van der Waals surface area contributed by atoms with Gasteiger partial charge in [-0.25, -0.2) is 0 Å². The zero-order valence-electron chi connectivity index (χ0n) is 15.7. The third-order valence-electron chi connectivity index (χ3n) is 5.26. The van der Waals surface area contributed by atoms with E-state index in [2.05, 4.69) is 5.32 Å². The van der Waals surface area contributed by atoms with Crippen LogP contribution in [0.4, 0.5) is 5.69 Å². The zero-order chi connectivity index (χ0) is 20.3. The SMILES string of the molecule is C[C@H](OC(=O)CCN1C(=O)[C@H]2CCCC[C@@H]2C1=O)C(=O)Nc1ccc(Cl)cc1. The molecule has 0 unspecified atom stereocenters. The number of ether oxygens (including phenoxy) is 1. The molecule has 8 heteroatoms. The largest absolute Gasteiger partial charge is 0.452 e. The summed E-state index contributed by atoms with van der Waals surface area (Å²) < 4.78 is 5.13. The summed E-state index contributed by atoms with van der Waals surface area (Å²) in [6.07, 6.45) is 2.24. The summed E-state index contributed by atoms with van der Waals surface area (Å²) in [5.41, 5.74) is 0.535. The normalized spacial score (nSPS) is 22.6. The number of imide groups is 1. The van der Waals surface area contributed by atoms with Gasteiger partial charge in [0.1, 0.15) is 0 Å². The lowest BCUT2D eigenvalue weighted by atomic mass is 9.81. The molecule has 2 aliphatic rings. The van der Waals surface area contributed by atoms with Crippen LogP contribution in [0.3, 0.4) is 0 Å². The molecule has 1 aromatic carbocycles. The van der Waals surface area contributed by atoms with Crippen LogP contribution in [-0.4, -0.2) is 41.2 Å². The van der Waals surface area contributed by atoms with Gasteiger partial charge < -0.3 is 10.1 Å². The number of benzene rings is 1. The van der Waals surface area contributed by atoms with Gasteiger partial charge in [0.05, 0.1) is 18.3 Å². The lowest BCUT2D eigenvalue weighted by molar-refractivity contribution is -0.154. The maximum atomic E-state index is 12.4. The molecular formula is C20H23ClN2O5. The van der Waals surface area contributed by atoms with Gasteiger partial charge in [0, 0.05) is 17.3 Å². The standard InChI is InChI=1S/C20H23ClN2O5/c1-12(18(25)22-14-8-6-13(21)7-9-14)28-17(24)10-11-23-19(26)15-4-2-3-5-16(15)20(23)27/h6-9,12,15-16H,2-5,10-11H2,1H3,(H,22,25)/t12-,15-,16-/m0/s1. The molecule has 1 heterocycles. The first-order chi connectivity index (χ1) is 13.4. The fourth-order valence-corrected chi connectivity index (χ4v) is 3.87. The molecule has 7 nitrogen and oxygen atoms in total. The van der Waals surface area contributed by atoms with Crippen molar-refractivity contribution in [2.75, 3.05) is 11.9 Å². The number of fused-ring (bicyclic) bond motifs is 1. The molecule has 1 aromatic rings. The van der Waals surface area contributed by atoms with Gasteiger partial charge in [0.2, 0.25) is 11.8 Å². The Balaban J connectivity index is 1.47. The van der Waals surface area contributed by atoms with E-state index < -0.39 is 18.0 Å². The van der Waals surface area contributed by atoms with Crippen molar-refractivity contribution in [2.45, 2.75) is 45.1 Å². The molecular weight excluding hydrogens is 384 g/mol. The third kappa shape index (κ3) is 4.52. The van der Waals surface area contributed by atoms with Gasteiger partial charge in [-0.1, -0.05) is 24.4 Å². The summed E-state index contributed by atoms with van der Waals surface area (Å²) in [5.74, 6) is -1.95. The first kappa shape index (κ1) is 20.3. The van der Waals surface area contributed by atoms with Gasteiger partial charge in [0.15, 0.2) is 6.10 Å². The summed E-state index contributed by atoms with van der Waals surface area (Å²) in [7, 11) is 0. The highest BCUT2D eigenvalue weighted by molar-refractivity contribution is 6.30. The lowest BCUT2D eigenvalue weighted by Gasteiger charge is -2.19. The number of esters is 1. The molecule has 0 bridgehead atoms. The summed E-state index contributed by atoms with van der Waals surface area (Å²) in [6, 6.07) is 6.54. The average Bonchev–Trinajstić information content (AvgIpc) is 2.92. The van der Waals surface area contributed by atoms with E-state index in [1.807, 2.05) is 0 Å². The molecule has 1 aliphatic carbocycles. The van der Waals surface area contributed by atoms with Crippen molar-refractivity contribution in [2.24, 2.45) is 11.8 Å². The molecule has 3 amide bonds. The van der Waals surface area contributed by atoms with E-state index in [0.717, 1.165) is 25.7 Å². The predicted molar refractivity (Wildman–Crippen MR) is 102 cm³/mol. The van der Waals surface area contributed by atoms with Crippen LogP contribution in [0.15, 0.2) is 24.3 Å². The molecule has 3 rings (SSSR count). The van der Waals surface area contributed by atoms with Gasteiger partial charge in [-0.2, -0.15) is 0 Å². The first-order valence-electron chi connectivity index (χ1n) is 9.48. The molecule has 150 valence electrons. The lowest BCUT2D eigenvalue weighted by Crippen LogP contribution is -2.35. The van der Waals surface area contributed by atoms with Crippen molar-refractivity contribution in [1.29, 1.82) is 0 Å². The van der Waals surface area contributed by atoms with E-state index in [9.17, 15) is 19.2 Å². The van der Waals surface area contributed by atoms with E-state index >= 15 is 0 Å². The molecule has 0 radical (unpaired) electrons. The first-order valence-corrected chi connectivity index (χ1v) is 9.85. The summed E-state index contributed by atoms with van der Waals surface area (Å²) in [4.78, 5) is 50.2. The smallest absolute Gasteiger partial charge is 0.308 e. The van der Waals surface area contributed by atoms with Crippen molar-refractivity contribution >= 4 is 41.0 Å². The Morgan fingerprint density at radius 3 is 2.29 bits per heavy atom.